The molecular formula is C14H13NO3S. The van der Waals surface area contributed by atoms with Gasteiger partial charge in [0.1, 0.15) is 4.88 Å². The van der Waals surface area contributed by atoms with Crippen LogP contribution in [0.1, 0.15) is 15.2 Å². The van der Waals surface area contributed by atoms with Gasteiger partial charge in [0.05, 0.1) is 0 Å². The lowest BCUT2D eigenvalue weighted by Gasteiger charge is -2.08. The molecule has 0 spiro atoms. The first-order valence-electron chi connectivity index (χ1n) is 5.73. The number of benzene rings is 1. The number of aryl methyl sites for hydroxylation is 1. The summed E-state index contributed by atoms with van der Waals surface area (Å²) < 4.78 is 4.92. The van der Waals surface area contributed by atoms with E-state index < -0.39 is 5.97 Å². The van der Waals surface area contributed by atoms with Crippen molar-refractivity contribution in [3.8, 4) is 0 Å². The van der Waals surface area contributed by atoms with Crippen molar-refractivity contribution in [2.45, 2.75) is 6.92 Å². The zero-order valence-electron chi connectivity index (χ0n) is 10.4. The summed E-state index contributed by atoms with van der Waals surface area (Å²) in [6.07, 6.45) is 0. The molecule has 19 heavy (non-hydrogen) atoms. The van der Waals surface area contributed by atoms with Crippen molar-refractivity contribution in [3.05, 3.63) is 52.2 Å². The van der Waals surface area contributed by atoms with Gasteiger partial charge >= 0.3 is 5.97 Å². The molecule has 0 atom stereocenters. The number of hydrogen-bond donors (Lipinski definition) is 1. The normalized spacial score (nSPS) is 9.95. The number of rotatable bonds is 4. The van der Waals surface area contributed by atoms with Gasteiger partial charge in [-0.3, -0.25) is 4.79 Å². The first kappa shape index (κ1) is 13.3. The third-order valence-electron chi connectivity index (χ3n) is 2.48. The van der Waals surface area contributed by atoms with Crippen molar-refractivity contribution in [1.82, 2.24) is 0 Å². The third-order valence-corrected chi connectivity index (χ3v) is 3.33. The fourth-order valence-electron chi connectivity index (χ4n) is 1.50. The van der Waals surface area contributed by atoms with Gasteiger partial charge in [-0.05, 0) is 30.0 Å². The van der Waals surface area contributed by atoms with E-state index in [9.17, 15) is 9.59 Å². The molecule has 0 saturated heterocycles. The fraction of sp³-hybridized carbons (Fsp3) is 0.143. The predicted octanol–water partition coefficient (Wildman–Crippen LogP) is 2.85. The number of thiophene rings is 1. The summed E-state index contributed by atoms with van der Waals surface area (Å²) in [4.78, 5) is 23.7. The minimum Gasteiger partial charge on any atom is -0.451 e. The van der Waals surface area contributed by atoms with Crippen molar-refractivity contribution in [2.24, 2.45) is 0 Å². The van der Waals surface area contributed by atoms with E-state index in [1.807, 2.05) is 25.1 Å². The highest BCUT2D eigenvalue weighted by Crippen LogP contribution is 2.13. The maximum absolute atomic E-state index is 11.7. The Bertz CT molecular complexity index is 578. The van der Waals surface area contributed by atoms with E-state index in [0.717, 1.165) is 11.3 Å². The standard InChI is InChI=1S/C14H13NO3S/c1-10-5-2-3-6-11(10)15-13(16)9-18-14(17)12-7-4-8-19-12/h2-8H,9H2,1H3,(H,15,16). The second-order valence-corrected chi connectivity index (χ2v) is 4.86. The zero-order valence-corrected chi connectivity index (χ0v) is 11.2. The molecule has 98 valence electrons. The fourth-order valence-corrected chi connectivity index (χ4v) is 2.11. The Balaban J connectivity index is 1.86. The number of nitrogens with one attached hydrogen (secondary N) is 1. The second-order valence-electron chi connectivity index (χ2n) is 3.92. The zero-order chi connectivity index (χ0) is 13.7. The van der Waals surface area contributed by atoms with Crippen LogP contribution in [0.2, 0.25) is 0 Å². The number of para-hydroxylation sites is 1. The largest absolute Gasteiger partial charge is 0.451 e. The van der Waals surface area contributed by atoms with Crippen LogP contribution in [0.4, 0.5) is 5.69 Å². The van der Waals surface area contributed by atoms with Gasteiger partial charge in [0.2, 0.25) is 0 Å². The van der Waals surface area contributed by atoms with Crippen molar-refractivity contribution in [3.63, 3.8) is 0 Å². The van der Waals surface area contributed by atoms with Crippen LogP contribution in [-0.4, -0.2) is 18.5 Å². The molecule has 0 radical (unpaired) electrons. The van der Waals surface area contributed by atoms with Gasteiger partial charge in [0, 0.05) is 5.69 Å². The van der Waals surface area contributed by atoms with Crippen LogP contribution in [0.25, 0.3) is 0 Å². The summed E-state index contributed by atoms with van der Waals surface area (Å²) in [5.41, 5.74) is 1.68. The number of amides is 1. The quantitative estimate of drug-likeness (QED) is 0.873. The SMILES string of the molecule is Cc1ccccc1NC(=O)COC(=O)c1cccs1. The third kappa shape index (κ3) is 3.66. The van der Waals surface area contributed by atoms with Gasteiger partial charge in [0.15, 0.2) is 6.61 Å². The minimum atomic E-state index is -0.477. The van der Waals surface area contributed by atoms with Gasteiger partial charge in [0.25, 0.3) is 5.91 Å². The maximum Gasteiger partial charge on any atom is 0.348 e. The van der Waals surface area contributed by atoms with Crippen molar-refractivity contribution >= 4 is 28.9 Å². The van der Waals surface area contributed by atoms with Gasteiger partial charge in [-0.1, -0.05) is 24.3 Å². The van der Waals surface area contributed by atoms with Crippen LogP contribution < -0.4 is 5.32 Å². The Morgan fingerprint density at radius 1 is 1.21 bits per heavy atom. The van der Waals surface area contributed by atoms with Crippen LogP contribution in [0.3, 0.4) is 0 Å². The topological polar surface area (TPSA) is 55.4 Å². The molecular weight excluding hydrogens is 262 g/mol. The van der Waals surface area contributed by atoms with E-state index in [1.54, 1.807) is 23.6 Å². The first-order chi connectivity index (χ1) is 9.16. The molecule has 0 aliphatic carbocycles. The molecule has 0 aliphatic rings. The minimum absolute atomic E-state index is 0.287. The van der Waals surface area contributed by atoms with Crippen LogP contribution >= 0.6 is 11.3 Å². The molecule has 2 rings (SSSR count). The average molecular weight is 275 g/mol. The monoisotopic (exact) mass is 275 g/mol. The van der Waals surface area contributed by atoms with Crippen LogP contribution in [0, 0.1) is 6.92 Å². The molecule has 1 N–H and O–H groups in total. The first-order valence-corrected chi connectivity index (χ1v) is 6.61. The van der Waals surface area contributed by atoms with Crippen molar-refractivity contribution in [2.75, 3.05) is 11.9 Å². The lowest BCUT2D eigenvalue weighted by atomic mass is 10.2. The van der Waals surface area contributed by atoms with Crippen molar-refractivity contribution < 1.29 is 14.3 Å². The Hall–Kier alpha value is -2.14. The molecule has 0 fully saturated rings. The number of carbonyl (C=O) groups is 2. The predicted molar refractivity (Wildman–Crippen MR) is 74.4 cm³/mol. The number of ether oxygens (including phenoxy) is 1. The van der Waals surface area contributed by atoms with Gasteiger partial charge in [-0.15, -0.1) is 11.3 Å². The number of anilines is 1. The van der Waals surface area contributed by atoms with E-state index in [4.69, 9.17) is 4.74 Å². The molecule has 1 aromatic carbocycles. The van der Waals surface area contributed by atoms with Crippen LogP contribution in [0.15, 0.2) is 41.8 Å². The number of carbonyl (C=O) groups excluding carboxylic acids is 2. The highest BCUT2D eigenvalue weighted by atomic mass is 32.1. The van der Waals surface area contributed by atoms with E-state index in [-0.39, 0.29) is 12.5 Å². The Labute approximate surface area is 115 Å². The number of esters is 1. The van der Waals surface area contributed by atoms with E-state index >= 15 is 0 Å². The molecule has 2 aromatic rings. The molecule has 1 heterocycles. The maximum atomic E-state index is 11.7. The average Bonchev–Trinajstić information content (AvgIpc) is 2.93. The molecule has 4 nitrogen and oxygen atoms in total. The Morgan fingerprint density at radius 2 is 2.00 bits per heavy atom. The Morgan fingerprint density at radius 3 is 2.68 bits per heavy atom. The van der Waals surface area contributed by atoms with Crippen LogP contribution in [0.5, 0.6) is 0 Å². The highest BCUT2D eigenvalue weighted by Gasteiger charge is 2.11. The Kier molecular flexibility index (Phi) is 4.30. The molecule has 0 aliphatic heterocycles. The summed E-state index contributed by atoms with van der Waals surface area (Å²) in [6, 6.07) is 10.8. The second kappa shape index (κ2) is 6.15. The molecule has 1 amide bonds. The number of hydrogen-bond acceptors (Lipinski definition) is 4. The van der Waals surface area contributed by atoms with E-state index in [1.165, 1.54) is 11.3 Å². The van der Waals surface area contributed by atoms with E-state index in [0.29, 0.717) is 4.88 Å². The molecule has 5 heteroatoms. The van der Waals surface area contributed by atoms with Gasteiger partial charge in [-0.25, -0.2) is 4.79 Å². The van der Waals surface area contributed by atoms with Gasteiger partial charge < -0.3 is 10.1 Å². The molecule has 1 aromatic heterocycles. The lowest BCUT2D eigenvalue weighted by molar-refractivity contribution is -0.119. The summed E-state index contributed by atoms with van der Waals surface area (Å²) in [7, 11) is 0. The summed E-state index contributed by atoms with van der Waals surface area (Å²) >= 11 is 1.28. The van der Waals surface area contributed by atoms with Crippen molar-refractivity contribution in [1.29, 1.82) is 0 Å². The lowest BCUT2D eigenvalue weighted by Crippen LogP contribution is -2.21. The summed E-state index contributed by atoms with van der Waals surface area (Å²) in [5, 5.41) is 4.48. The molecule has 0 bridgehead atoms. The summed E-state index contributed by atoms with van der Waals surface area (Å²) in [6.45, 7) is 1.61. The van der Waals surface area contributed by atoms with Gasteiger partial charge in [-0.2, -0.15) is 0 Å². The smallest absolute Gasteiger partial charge is 0.348 e. The van der Waals surface area contributed by atoms with Crippen LogP contribution in [-0.2, 0) is 9.53 Å². The summed E-state index contributed by atoms with van der Waals surface area (Å²) in [5.74, 6) is -0.825. The van der Waals surface area contributed by atoms with E-state index in [2.05, 4.69) is 5.32 Å². The molecule has 0 unspecified atom stereocenters. The highest BCUT2D eigenvalue weighted by molar-refractivity contribution is 7.11. The molecule has 0 saturated carbocycles.